The summed E-state index contributed by atoms with van der Waals surface area (Å²) in [6, 6.07) is 23.8. The first-order valence-corrected chi connectivity index (χ1v) is 12.1. The second kappa shape index (κ2) is 10.6. The molecular weight excluding hydrogens is 430 g/mol. The lowest BCUT2D eigenvalue weighted by Crippen LogP contribution is -2.38. The van der Waals surface area contributed by atoms with E-state index in [4.69, 9.17) is 9.72 Å². The van der Waals surface area contributed by atoms with Crippen LogP contribution in [0.15, 0.2) is 72.8 Å². The summed E-state index contributed by atoms with van der Waals surface area (Å²) in [6.07, 6.45) is 0. The van der Waals surface area contributed by atoms with Crippen LogP contribution in [-0.2, 0) is 0 Å². The van der Waals surface area contributed by atoms with Gasteiger partial charge < -0.3 is 9.64 Å². The molecule has 1 aromatic heterocycles. The molecule has 0 fully saturated rings. The molecule has 1 amide bonds. The number of nitrogens with zero attached hydrogens (tertiary/aromatic N) is 3. The number of amides is 1. The van der Waals surface area contributed by atoms with Crippen LogP contribution in [0.4, 0.5) is 5.13 Å². The summed E-state index contributed by atoms with van der Waals surface area (Å²) >= 11 is 1.52. The van der Waals surface area contributed by atoms with Crippen molar-refractivity contribution in [2.75, 3.05) is 38.2 Å². The Morgan fingerprint density at radius 3 is 2.27 bits per heavy atom. The Kier molecular flexibility index (Phi) is 7.37. The smallest absolute Gasteiger partial charge is 0.260 e. The van der Waals surface area contributed by atoms with E-state index in [1.54, 1.807) is 7.11 Å². The highest BCUT2D eigenvalue weighted by Gasteiger charge is 2.22. The van der Waals surface area contributed by atoms with Gasteiger partial charge in [0.05, 0.1) is 17.3 Å². The van der Waals surface area contributed by atoms with Crippen LogP contribution in [0.3, 0.4) is 0 Å². The van der Waals surface area contributed by atoms with Crippen molar-refractivity contribution < 1.29 is 9.53 Å². The normalized spacial score (nSPS) is 11.2. The first kappa shape index (κ1) is 23.0. The van der Waals surface area contributed by atoms with Gasteiger partial charge in [-0.15, -0.1) is 0 Å². The fourth-order valence-electron chi connectivity index (χ4n) is 3.79. The van der Waals surface area contributed by atoms with Crippen molar-refractivity contribution in [3.8, 4) is 16.9 Å². The van der Waals surface area contributed by atoms with Crippen molar-refractivity contribution in [3.05, 3.63) is 78.4 Å². The molecule has 0 radical (unpaired) electrons. The molecule has 33 heavy (non-hydrogen) atoms. The Hall–Kier alpha value is -3.22. The van der Waals surface area contributed by atoms with Crippen molar-refractivity contribution >= 4 is 32.6 Å². The van der Waals surface area contributed by atoms with E-state index in [9.17, 15) is 4.79 Å². The highest BCUT2D eigenvalue weighted by molar-refractivity contribution is 7.22. The molecule has 6 heteroatoms. The van der Waals surface area contributed by atoms with Gasteiger partial charge in [0.1, 0.15) is 5.75 Å². The molecule has 0 unspecified atom stereocenters. The average Bonchev–Trinajstić information content (AvgIpc) is 3.30. The molecule has 1 heterocycles. The number of carbonyl (C=O) groups is 1. The van der Waals surface area contributed by atoms with Crippen LogP contribution in [0.1, 0.15) is 24.2 Å². The fraction of sp³-hybridized carbons (Fsp3) is 0.259. The summed E-state index contributed by atoms with van der Waals surface area (Å²) in [7, 11) is 1.65. The lowest BCUT2D eigenvalue weighted by atomic mass is 10.0. The monoisotopic (exact) mass is 459 g/mol. The number of methoxy groups -OCH3 is 1. The van der Waals surface area contributed by atoms with Crippen molar-refractivity contribution in [2.24, 2.45) is 0 Å². The van der Waals surface area contributed by atoms with E-state index in [1.165, 1.54) is 11.3 Å². The van der Waals surface area contributed by atoms with Crippen molar-refractivity contribution in [1.29, 1.82) is 0 Å². The van der Waals surface area contributed by atoms with Gasteiger partial charge in [-0.05, 0) is 54.5 Å². The second-order valence-corrected chi connectivity index (χ2v) is 8.77. The van der Waals surface area contributed by atoms with Gasteiger partial charge in [0.25, 0.3) is 5.91 Å². The Morgan fingerprint density at radius 2 is 1.61 bits per heavy atom. The van der Waals surface area contributed by atoms with E-state index in [0.29, 0.717) is 17.2 Å². The third kappa shape index (κ3) is 5.24. The van der Waals surface area contributed by atoms with Gasteiger partial charge in [-0.1, -0.05) is 67.6 Å². The molecule has 0 bridgehead atoms. The molecule has 0 saturated heterocycles. The van der Waals surface area contributed by atoms with E-state index in [2.05, 4.69) is 30.9 Å². The van der Waals surface area contributed by atoms with Crippen molar-refractivity contribution in [3.63, 3.8) is 0 Å². The fourth-order valence-corrected chi connectivity index (χ4v) is 4.81. The van der Waals surface area contributed by atoms with Gasteiger partial charge in [-0.3, -0.25) is 9.69 Å². The van der Waals surface area contributed by atoms with Gasteiger partial charge in [-0.25, -0.2) is 4.98 Å². The molecule has 5 nitrogen and oxygen atoms in total. The van der Waals surface area contributed by atoms with Crippen LogP contribution >= 0.6 is 11.3 Å². The molecule has 3 aromatic carbocycles. The van der Waals surface area contributed by atoms with Gasteiger partial charge in [0, 0.05) is 18.7 Å². The summed E-state index contributed by atoms with van der Waals surface area (Å²) in [5, 5.41) is 0.711. The zero-order valence-corrected chi connectivity index (χ0v) is 20.1. The number of carbonyl (C=O) groups excluding carboxylic acids is 1. The summed E-state index contributed by atoms with van der Waals surface area (Å²) in [5.41, 5.74) is 3.76. The first-order chi connectivity index (χ1) is 16.1. The van der Waals surface area contributed by atoms with Crippen LogP contribution in [0.2, 0.25) is 0 Å². The molecule has 0 atom stereocenters. The molecule has 0 saturated carbocycles. The summed E-state index contributed by atoms with van der Waals surface area (Å²) < 4.78 is 6.36. The quantitative estimate of drug-likeness (QED) is 0.310. The number of anilines is 1. The molecular formula is C27H29N3O2S. The number of fused-ring (bicyclic) bond motifs is 1. The lowest BCUT2D eigenvalue weighted by molar-refractivity contribution is 0.0984. The molecule has 4 rings (SSSR count). The van der Waals surface area contributed by atoms with Crippen LogP contribution in [0, 0.1) is 0 Å². The molecule has 0 N–H and O–H groups in total. The lowest BCUT2D eigenvalue weighted by Gasteiger charge is -2.24. The summed E-state index contributed by atoms with van der Waals surface area (Å²) in [5.74, 6) is 0.753. The number of rotatable bonds is 9. The maximum atomic E-state index is 13.6. The van der Waals surface area contributed by atoms with Crippen LogP contribution in [0.5, 0.6) is 5.75 Å². The predicted molar refractivity (Wildman–Crippen MR) is 138 cm³/mol. The van der Waals surface area contributed by atoms with E-state index in [1.807, 2.05) is 65.6 Å². The topological polar surface area (TPSA) is 45.7 Å². The minimum atomic E-state index is -0.0345. The highest BCUT2D eigenvalue weighted by atomic mass is 32.1. The zero-order valence-electron chi connectivity index (χ0n) is 19.3. The number of thiazole rings is 1. The number of hydrogen-bond donors (Lipinski definition) is 0. The number of ether oxygens (including phenoxy) is 1. The molecule has 0 aliphatic carbocycles. The largest absolute Gasteiger partial charge is 0.497 e. The number of aromatic nitrogens is 1. The van der Waals surface area contributed by atoms with Crippen molar-refractivity contribution in [1.82, 2.24) is 9.88 Å². The van der Waals surface area contributed by atoms with Crippen LogP contribution in [0.25, 0.3) is 21.3 Å². The minimum Gasteiger partial charge on any atom is -0.497 e. The van der Waals surface area contributed by atoms with Crippen LogP contribution in [-0.4, -0.2) is 49.1 Å². The summed E-state index contributed by atoms with van der Waals surface area (Å²) in [6.45, 7) is 7.55. The minimum absolute atomic E-state index is 0.0345. The van der Waals surface area contributed by atoms with E-state index in [-0.39, 0.29) is 5.91 Å². The van der Waals surface area contributed by atoms with E-state index in [0.717, 1.165) is 46.7 Å². The summed E-state index contributed by atoms with van der Waals surface area (Å²) in [4.78, 5) is 22.5. The molecule has 4 aromatic rings. The van der Waals surface area contributed by atoms with E-state index >= 15 is 0 Å². The Balaban J connectivity index is 1.64. The third-order valence-electron chi connectivity index (χ3n) is 5.83. The standard InChI is InChI=1S/C27H29N3O2S/c1-4-29(5-2)17-18-30(27-28-24-16-15-23(32-3)19-25(24)33-27)26(31)22-13-11-21(12-14-22)20-9-7-6-8-10-20/h6-16,19H,4-5,17-18H2,1-3H3. The Labute approximate surface area is 199 Å². The average molecular weight is 460 g/mol. The predicted octanol–water partition coefficient (Wildman–Crippen LogP) is 5.96. The van der Waals surface area contributed by atoms with Gasteiger partial charge in [-0.2, -0.15) is 0 Å². The van der Waals surface area contributed by atoms with Gasteiger partial charge in [0.2, 0.25) is 0 Å². The number of hydrogen-bond acceptors (Lipinski definition) is 5. The van der Waals surface area contributed by atoms with Crippen molar-refractivity contribution in [2.45, 2.75) is 13.8 Å². The molecule has 0 aliphatic heterocycles. The maximum absolute atomic E-state index is 13.6. The third-order valence-corrected chi connectivity index (χ3v) is 6.87. The van der Waals surface area contributed by atoms with Crippen LogP contribution < -0.4 is 9.64 Å². The highest BCUT2D eigenvalue weighted by Crippen LogP contribution is 2.32. The van der Waals surface area contributed by atoms with E-state index < -0.39 is 0 Å². The zero-order chi connectivity index (χ0) is 23.2. The second-order valence-electron chi connectivity index (χ2n) is 7.76. The number of likely N-dealkylation sites (N-methyl/N-ethyl adjacent to an activating group) is 1. The molecule has 0 aliphatic rings. The Morgan fingerprint density at radius 1 is 0.909 bits per heavy atom. The SMILES string of the molecule is CCN(CC)CCN(C(=O)c1ccc(-c2ccccc2)cc1)c1nc2ccc(OC)cc2s1. The maximum Gasteiger partial charge on any atom is 0.260 e. The molecule has 170 valence electrons. The van der Waals surface area contributed by atoms with Gasteiger partial charge >= 0.3 is 0 Å². The number of benzene rings is 3. The van der Waals surface area contributed by atoms with Gasteiger partial charge in [0.15, 0.2) is 5.13 Å². The molecule has 0 spiro atoms. The first-order valence-electron chi connectivity index (χ1n) is 11.3. The Bertz CT molecular complexity index is 1200.